The van der Waals surface area contributed by atoms with E-state index >= 15 is 0 Å². The van der Waals surface area contributed by atoms with E-state index in [0.29, 0.717) is 25.7 Å². The lowest BCUT2D eigenvalue weighted by Crippen LogP contribution is -2.61. The molecule has 52 heavy (non-hydrogen) atoms. The van der Waals surface area contributed by atoms with Gasteiger partial charge in [0.15, 0.2) is 5.79 Å². The third-order valence-electron chi connectivity index (χ3n) is 13.9. The average Bonchev–Trinajstić information content (AvgIpc) is 3.79. The first-order chi connectivity index (χ1) is 25.1. The Bertz CT molecular complexity index is 1370. The van der Waals surface area contributed by atoms with Crippen molar-refractivity contribution < 1.29 is 57.6 Å². The minimum atomic E-state index is -0.951. The summed E-state index contributed by atoms with van der Waals surface area (Å²) >= 11 is 0. The van der Waals surface area contributed by atoms with E-state index in [4.69, 9.17) is 42.6 Å². The van der Waals surface area contributed by atoms with E-state index in [-0.39, 0.29) is 123 Å². The van der Waals surface area contributed by atoms with Crippen LogP contribution in [0.4, 0.5) is 0 Å². The molecule has 0 saturated carbocycles. The van der Waals surface area contributed by atoms with Crippen molar-refractivity contribution in [3.05, 3.63) is 24.3 Å². The Kier molecular flexibility index (Phi) is 10.0. The van der Waals surface area contributed by atoms with Gasteiger partial charge in [-0.1, -0.05) is 20.1 Å². The zero-order valence-electron chi connectivity index (χ0n) is 30.7. The quantitative estimate of drug-likeness (QED) is 0.410. The van der Waals surface area contributed by atoms with Gasteiger partial charge < -0.3 is 52.8 Å². The van der Waals surface area contributed by atoms with Crippen molar-refractivity contribution in [1.82, 2.24) is 0 Å². The molecule has 1 spiro atoms. The highest BCUT2D eigenvalue weighted by Gasteiger charge is 2.68. The number of carbonyl (C=O) groups is 1. The molecule has 10 aliphatic rings. The Morgan fingerprint density at radius 3 is 2.37 bits per heavy atom. The second kappa shape index (κ2) is 14.3. The van der Waals surface area contributed by atoms with Gasteiger partial charge in [-0.25, -0.2) is 0 Å². The molecule has 0 aliphatic carbocycles. The van der Waals surface area contributed by atoms with Gasteiger partial charge in [0.05, 0.1) is 73.8 Å². The highest BCUT2D eigenvalue weighted by atomic mass is 16.8. The summed E-state index contributed by atoms with van der Waals surface area (Å²) in [7, 11) is 1.63. The Morgan fingerprint density at radius 2 is 1.54 bits per heavy atom. The second-order valence-corrected chi connectivity index (χ2v) is 17.4. The van der Waals surface area contributed by atoms with Crippen molar-refractivity contribution in [2.24, 2.45) is 11.8 Å². The molecule has 0 aromatic rings. The predicted molar refractivity (Wildman–Crippen MR) is 184 cm³/mol. The van der Waals surface area contributed by atoms with Crippen LogP contribution in [-0.2, 0) is 47.4 Å². The van der Waals surface area contributed by atoms with Crippen LogP contribution in [0.5, 0.6) is 0 Å². The predicted octanol–water partition coefficient (Wildman–Crippen LogP) is 3.47. The summed E-state index contributed by atoms with van der Waals surface area (Å²) in [5, 5.41) is 20.1. The standard InChI is InChI=1S/C40H58O12/c1-19-11-24-5-7-28-20(2)12-26(45-28)9-10-40-17-33-36(51-40)37-38(50-33)39(52-40)35-29(49-37)8-6-25(47-35)13-22(42)14-27-31(16-30(46-24)21(19)3)48-32(34(27)44-4)15-23(43)18-41/h19,23-39,41,43H,2-3,5-18H2,1,4H3/t19-,23+,24+,25-,26+,27+,28+,29+,30-,31+,32-,33-,34-,35+,36-,37+,38-,39+,40+/m1/s1. The Hall–Kier alpha value is -1.29. The zero-order valence-corrected chi connectivity index (χ0v) is 30.7. The molecular formula is C40H58O12. The van der Waals surface area contributed by atoms with Gasteiger partial charge in [0.1, 0.15) is 36.3 Å². The molecule has 10 saturated heterocycles. The minimum absolute atomic E-state index is 0.0260. The fourth-order valence-corrected chi connectivity index (χ4v) is 11.3. The van der Waals surface area contributed by atoms with E-state index in [1.165, 1.54) is 0 Å². The largest absolute Gasteiger partial charge is 0.394 e. The average molecular weight is 731 g/mol. The van der Waals surface area contributed by atoms with Crippen LogP contribution in [0.25, 0.3) is 0 Å². The smallest absolute Gasteiger partial charge is 0.172 e. The first kappa shape index (κ1) is 36.4. The van der Waals surface area contributed by atoms with Crippen LogP contribution in [0.2, 0.25) is 0 Å². The molecule has 12 nitrogen and oxygen atoms in total. The summed E-state index contributed by atoms with van der Waals surface area (Å²) in [6.45, 7) is 10.7. The highest BCUT2D eigenvalue weighted by Crippen LogP contribution is 2.54. The zero-order chi connectivity index (χ0) is 35.9. The molecule has 12 bridgehead atoms. The maximum absolute atomic E-state index is 14.0. The number of fused-ring (bicyclic) bond motifs is 6. The summed E-state index contributed by atoms with van der Waals surface area (Å²) < 4.78 is 59.8. The van der Waals surface area contributed by atoms with Crippen molar-refractivity contribution >= 4 is 5.78 Å². The molecule has 2 N–H and O–H groups in total. The molecular weight excluding hydrogens is 672 g/mol. The van der Waals surface area contributed by atoms with Crippen molar-refractivity contribution in [2.75, 3.05) is 13.7 Å². The van der Waals surface area contributed by atoms with Crippen LogP contribution < -0.4 is 0 Å². The van der Waals surface area contributed by atoms with Crippen molar-refractivity contribution in [2.45, 2.75) is 194 Å². The van der Waals surface area contributed by atoms with Gasteiger partial charge in [0.25, 0.3) is 0 Å². The van der Waals surface area contributed by atoms with E-state index in [1.54, 1.807) is 7.11 Å². The number of ether oxygens (including phenoxy) is 9. The van der Waals surface area contributed by atoms with Crippen LogP contribution >= 0.6 is 0 Å². The van der Waals surface area contributed by atoms with E-state index in [0.717, 1.165) is 49.7 Å². The van der Waals surface area contributed by atoms with Crippen LogP contribution in [-0.4, -0.2) is 133 Å². The van der Waals surface area contributed by atoms with Gasteiger partial charge >= 0.3 is 0 Å². The summed E-state index contributed by atoms with van der Waals surface area (Å²) in [6, 6.07) is 0. The first-order valence-corrected chi connectivity index (χ1v) is 20.1. The van der Waals surface area contributed by atoms with Gasteiger partial charge in [-0.2, -0.15) is 0 Å². The number of hydrogen-bond acceptors (Lipinski definition) is 12. The van der Waals surface area contributed by atoms with Crippen LogP contribution in [0.3, 0.4) is 0 Å². The van der Waals surface area contributed by atoms with Gasteiger partial charge in [-0.05, 0) is 62.0 Å². The molecule has 10 rings (SSSR count). The van der Waals surface area contributed by atoms with Crippen molar-refractivity contribution in [1.29, 1.82) is 0 Å². The maximum atomic E-state index is 14.0. The minimum Gasteiger partial charge on any atom is -0.394 e. The molecule has 10 heterocycles. The number of aliphatic hydroxyl groups excluding tert-OH is 2. The molecule has 0 radical (unpaired) electrons. The molecule has 19 atom stereocenters. The van der Waals surface area contributed by atoms with Gasteiger partial charge in [-0.3, -0.25) is 4.79 Å². The van der Waals surface area contributed by atoms with Crippen molar-refractivity contribution in [3.63, 3.8) is 0 Å². The second-order valence-electron chi connectivity index (χ2n) is 17.4. The van der Waals surface area contributed by atoms with E-state index < -0.39 is 24.1 Å². The summed E-state index contributed by atoms with van der Waals surface area (Å²) in [5.74, 6) is -0.709. The van der Waals surface area contributed by atoms with Gasteiger partial charge in [0.2, 0.25) is 0 Å². The molecule has 10 aliphatic heterocycles. The third-order valence-corrected chi connectivity index (χ3v) is 13.9. The lowest BCUT2D eigenvalue weighted by Gasteiger charge is -2.47. The van der Waals surface area contributed by atoms with Crippen molar-refractivity contribution in [3.8, 4) is 0 Å². The van der Waals surface area contributed by atoms with Crippen LogP contribution in [0, 0.1) is 11.8 Å². The van der Waals surface area contributed by atoms with E-state index in [2.05, 4.69) is 20.1 Å². The lowest BCUT2D eigenvalue weighted by molar-refractivity contribution is -0.292. The summed E-state index contributed by atoms with van der Waals surface area (Å²) in [4.78, 5) is 14.0. The number of hydrogen-bond donors (Lipinski definition) is 2. The number of carbonyl (C=O) groups excluding carboxylic acids is 1. The number of ketones is 1. The number of rotatable bonds is 4. The summed E-state index contributed by atoms with van der Waals surface area (Å²) in [6.07, 6.45) is 4.01. The molecule has 0 unspecified atom stereocenters. The maximum Gasteiger partial charge on any atom is 0.172 e. The highest BCUT2D eigenvalue weighted by molar-refractivity contribution is 5.79. The number of Topliss-reactive ketones (excluding diaryl/α,β-unsaturated/α-hetero) is 1. The molecule has 0 amide bonds. The number of methoxy groups -OCH3 is 1. The number of aliphatic hydroxyl groups is 2. The molecule has 10 fully saturated rings. The fourth-order valence-electron chi connectivity index (χ4n) is 11.3. The van der Waals surface area contributed by atoms with E-state index in [1.807, 2.05) is 0 Å². The fraction of sp³-hybridized carbons (Fsp3) is 0.875. The first-order valence-electron chi connectivity index (χ1n) is 20.1. The third kappa shape index (κ3) is 6.59. The van der Waals surface area contributed by atoms with Crippen LogP contribution in [0.1, 0.15) is 90.4 Å². The van der Waals surface area contributed by atoms with Crippen LogP contribution in [0.15, 0.2) is 24.3 Å². The Balaban J connectivity index is 0.994. The van der Waals surface area contributed by atoms with E-state index in [9.17, 15) is 15.0 Å². The van der Waals surface area contributed by atoms with Gasteiger partial charge in [-0.15, -0.1) is 0 Å². The lowest BCUT2D eigenvalue weighted by atomic mass is 9.81. The molecule has 12 heteroatoms. The molecule has 0 aromatic heterocycles. The van der Waals surface area contributed by atoms with Gasteiger partial charge in [0, 0.05) is 51.6 Å². The SMILES string of the molecule is C=C1C[C@@H]2CC[C@@]34C[C@H]5O[C@H]6[C@@H](O3)[C@H]3O[C@H](CC[C@@H]3O[C@H]6[C@@H]5O4)CC(=O)C[C@@H]3[C@@H](OC)[C@@H](C[C@H](O)CO)O[C@H]3C[C@H]3O[C@@H](CC[C@@H]1O2)C[C@@H](C)C3=C. The normalized spacial score (nSPS) is 52.4. The summed E-state index contributed by atoms with van der Waals surface area (Å²) in [5.41, 5.74) is 2.17. The topological polar surface area (TPSA) is 141 Å². The monoisotopic (exact) mass is 730 g/mol. The Labute approximate surface area is 306 Å². The Morgan fingerprint density at radius 1 is 0.788 bits per heavy atom. The molecule has 290 valence electrons. The molecule has 0 aromatic carbocycles.